The number of aromatic nitrogens is 4. The van der Waals surface area contributed by atoms with Gasteiger partial charge in [-0.2, -0.15) is 0 Å². The van der Waals surface area contributed by atoms with E-state index < -0.39 is 11.7 Å². The number of benzene rings is 3. The summed E-state index contributed by atoms with van der Waals surface area (Å²) >= 11 is 12.5. The fraction of sp³-hybridized carbons (Fsp3) is 0.125. The Morgan fingerprint density at radius 3 is 2.41 bits per heavy atom. The number of nitrogens with one attached hydrogen (secondary N) is 2. The number of halogens is 3. The number of hydrogen-bond acceptors (Lipinski definition) is 4. The van der Waals surface area contributed by atoms with Crippen molar-refractivity contribution in [2.45, 2.75) is 6.54 Å². The molecule has 7 nitrogen and oxygen atoms in total. The fourth-order valence-electron chi connectivity index (χ4n) is 3.84. The second-order valence-electron chi connectivity index (χ2n) is 7.80. The lowest BCUT2D eigenvalue weighted by molar-refractivity contribution is 0.0945. The van der Waals surface area contributed by atoms with Gasteiger partial charge in [0, 0.05) is 20.2 Å². The first kappa shape index (κ1) is 22.2. The number of fused-ring (bicyclic) bond motifs is 2. The molecule has 1 amide bonds. The number of imidazole rings is 2. The minimum absolute atomic E-state index is 0.105. The number of carbonyl (C=O) groups is 1. The normalized spacial score (nSPS) is 11.3. The average Bonchev–Trinajstić information content (AvgIpc) is 3.30. The van der Waals surface area contributed by atoms with E-state index in [4.69, 9.17) is 23.2 Å². The van der Waals surface area contributed by atoms with Gasteiger partial charge >= 0.3 is 0 Å². The largest absolute Gasteiger partial charge is 0.345 e. The summed E-state index contributed by atoms with van der Waals surface area (Å²) in [7, 11) is 3.60. The van der Waals surface area contributed by atoms with Gasteiger partial charge in [-0.1, -0.05) is 41.4 Å². The zero-order valence-corrected chi connectivity index (χ0v) is 19.7. The van der Waals surface area contributed by atoms with Gasteiger partial charge in [-0.3, -0.25) is 4.79 Å². The topological polar surface area (TPSA) is 76.8 Å². The van der Waals surface area contributed by atoms with Crippen molar-refractivity contribution >= 4 is 62.8 Å². The number of rotatable bonds is 5. The zero-order valence-electron chi connectivity index (χ0n) is 18.2. The third-order valence-corrected chi connectivity index (χ3v) is 6.33. The molecule has 10 heteroatoms. The maximum atomic E-state index is 14.9. The first-order chi connectivity index (χ1) is 16.3. The molecule has 2 aromatic heterocycles. The van der Waals surface area contributed by atoms with Gasteiger partial charge in [0.15, 0.2) is 0 Å². The summed E-state index contributed by atoms with van der Waals surface area (Å²) < 4.78 is 18.5. The van der Waals surface area contributed by atoms with Gasteiger partial charge in [0.2, 0.25) is 5.95 Å². The molecule has 3 aromatic carbocycles. The molecule has 0 bridgehead atoms. The van der Waals surface area contributed by atoms with Crippen molar-refractivity contribution in [3.05, 3.63) is 81.8 Å². The molecule has 34 heavy (non-hydrogen) atoms. The van der Waals surface area contributed by atoms with Gasteiger partial charge in [-0.15, -0.1) is 0 Å². The first-order valence-electron chi connectivity index (χ1n) is 10.4. The molecule has 0 aliphatic carbocycles. The number of aryl methyl sites for hydroxylation is 2. The molecule has 0 saturated heterocycles. The molecule has 0 atom stereocenters. The third-order valence-electron chi connectivity index (χ3n) is 5.70. The second-order valence-corrected chi connectivity index (χ2v) is 8.61. The van der Waals surface area contributed by atoms with Crippen LogP contribution in [-0.4, -0.2) is 25.0 Å². The average molecular weight is 497 g/mol. The van der Waals surface area contributed by atoms with Crippen molar-refractivity contribution in [1.82, 2.24) is 24.4 Å². The maximum Gasteiger partial charge on any atom is 0.254 e. The highest BCUT2D eigenvalue weighted by molar-refractivity contribution is 6.39. The van der Waals surface area contributed by atoms with Crippen molar-refractivity contribution in [2.24, 2.45) is 14.1 Å². The highest BCUT2D eigenvalue weighted by Gasteiger charge is 2.19. The van der Waals surface area contributed by atoms with E-state index in [0.29, 0.717) is 38.5 Å². The summed E-state index contributed by atoms with van der Waals surface area (Å²) in [5.41, 5.74) is 3.12. The first-order valence-corrected chi connectivity index (χ1v) is 11.1. The van der Waals surface area contributed by atoms with Crippen molar-refractivity contribution < 1.29 is 9.18 Å². The van der Waals surface area contributed by atoms with E-state index >= 15 is 0 Å². The summed E-state index contributed by atoms with van der Waals surface area (Å²) in [6.45, 7) is 0.154. The molecule has 0 fully saturated rings. The van der Waals surface area contributed by atoms with Crippen molar-refractivity contribution in [1.29, 1.82) is 0 Å². The van der Waals surface area contributed by atoms with Crippen LogP contribution in [0, 0.1) is 5.82 Å². The number of nitrogens with zero attached hydrogens (tertiary/aromatic N) is 4. The van der Waals surface area contributed by atoms with E-state index in [2.05, 4.69) is 20.6 Å². The maximum absolute atomic E-state index is 14.9. The molecule has 0 saturated carbocycles. The van der Waals surface area contributed by atoms with Crippen LogP contribution in [0.4, 0.5) is 16.0 Å². The molecule has 5 rings (SSSR count). The van der Waals surface area contributed by atoms with Crippen molar-refractivity contribution in [3.63, 3.8) is 0 Å². The Labute approximate surface area is 204 Å². The molecule has 2 heterocycles. The lowest BCUT2D eigenvalue weighted by Gasteiger charge is -2.09. The summed E-state index contributed by atoms with van der Waals surface area (Å²) in [5.74, 6) is -0.139. The molecule has 0 unspecified atom stereocenters. The van der Waals surface area contributed by atoms with Gasteiger partial charge in [0.05, 0.1) is 49.9 Å². The quantitative estimate of drug-likeness (QED) is 0.333. The molecule has 0 radical (unpaired) electrons. The van der Waals surface area contributed by atoms with Crippen LogP contribution in [0.2, 0.25) is 10.0 Å². The molecule has 5 aromatic rings. The smallest absolute Gasteiger partial charge is 0.254 e. The van der Waals surface area contributed by atoms with Gasteiger partial charge in [-0.25, -0.2) is 14.4 Å². The van der Waals surface area contributed by atoms with Crippen molar-refractivity contribution in [2.75, 3.05) is 5.32 Å². The summed E-state index contributed by atoms with van der Waals surface area (Å²) in [4.78, 5) is 21.8. The van der Waals surface area contributed by atoms with Crippen LogP contribution in [0.5, 0.6) is 0 Å². The predicted molar refractivity (Wildman–Crippen MR) is 132 cm³/mol. The number of para-hydroxylation sites is 3. The van der Waals surface area contributed by atoms with E-state index in [1.807, 2.05) is 35.9 Å². The Morgan fingerprint density at radius 1 is 0.941 bits per heavy atom. The lowest BCUT2D eigenvalue weighted by Crippen LogP contribution is -2.25. The van der Waals surface area contributed by atoms with Crippen LogP contribution in [0.15, 0.2) is 54.6 Å². The predicted octanol–water partition coefficient (Wildman–Crippen LogP) is 5.58. The van der Waals surface area contributed by atoms with E-state index in [-0.39, 0.29) is 12.1 Å². The van der Waals surface area contributed by atoms with Crippen LogP contribution in [0.1, 0.15) is 16.2 Å². The third kappa shape index (κ3) is 3.85. The van der Waals surface area contributed by atoms with Crippen LogP contribution in [0.3, 0.4) is 0 Å². The Morgan fingerprint density at radius 2 is 1.68 bits per heavy atom. The standard InChI is InChI=1S/C24H19Cl2FN6O/c1-32-19-9-4-3-8-17(19)29-21(32)12-28-23(34)13-10-18-20(11-16(13)27)33(2)24(30-18)31-22-14(25)6-5-7-15(22)26/h3-11H,12H2,1-2H3,(H,28,34)(H,30,31). The van der Waals surface area contributed by atoms with Crippen LogP contribution >= 0.6 is 23.2 Å². The SMILES string of the molecule is Cn1c(CNC(=O)c2cc3nc(Nc4c(Cl)cccc4Cl)n(C)c3cc2F)nc2ccccc21. The lowest BCUT2D eigenvalue weighted by atomic mass is 10.1. The minimum Gasteiger partial charge on any atom is -0.345 e. The van der Waals surface area contributed by atoms with E-state index in [1.54, 1.807) is 29.8 Å². The summed E-state index contributed by atoms with van der Waals surface area (Å²) in [5, 5.41) is 6.68. The highest BCUT2D eigenvalue weighted by Crippen LogP contribution is 2.33. The number of amides is 1. The monoisotopic (exact) mass is 496 g/mol. The van der Waals surface area contributed by atoms with Gasteiger partial charge in [-0.05, 0) is 30.3 Å². The van der Waals surface area contributed by atoms with Gasteiger partial charge < -0.3 is 19.8 Å². The van der Waals surface area contributed by atoms with Crippen LogP contribution in [-0.2, 0) is 20.6 Å². The summed E-state index contributed by atoms with van der Waals surface area (Å²) in [6.07, 6.45) is 0. The van der Waals surface area contributed by atoms with Crippen LogP contribution < -0.4 is 10.6 Å². The zero-order chi connectivity index (χ0) is 24.0. The fourth-order valence-corrected chi connectivity index (χ4v) is 4.33. The molecule has 172 valence electrons. The Hall–Kier alpha value is -3.62. The molecule has 0 spiro atoms. The summed E-state index contributed by atoms with van der Waals surface area (Å²) in [6, 6.07) is 15.5. The Kier molecular flexibility index (Phi) is 5.63. The number of anilines is 2. The highest BCUT2D eigenvalue weighted by atomic mass is 35.5. The second kappa shape index (κ2) is 8.62. The van der Waals surface area contributed by atoms with Gasteiger partial charge in [0.25, 0.3) is 5.91 Å². The van der Waals surface area contributed by atoms with Crippen LogP contribution in [0.25, 0.3) is 22.1 Å². The van der Waals surface area contributed by atoms with E-state index in [0.717, 1.165) is 11.0 Å². The van der Waals surface area contributed by atoms with E-state index in [9.17, 15) is 9.18 Å². The Balaban J connectivity index is 1.41. The Bertz CT molecular complexity index is 1560. The molecule has 2 N–H and O–H groups in total. The molecule has 0 aliphatic rings. The minimum atomic E-state index is -0.652. The van der Waals surface area contributed by atoms with Gasteiger partial charge in [0.1, 0.15) is 11.6 Å². The molecular formula is C24H19Cl2FN6O. The number of hydrogen-bond donors (Lipinski definition) is 2. The number of carbonyl (C=O) groups excluding carboxylic acids is 1. The molecule has 0 aliphatic heterocycles. The molecular weight excluding hydrogens is 478 g/mol. The van der Waals surface area contributed by atoms with Crippen molar-refractivity contribution in [3.8, 4) is 0 Å². The van der Waals surface area contributed by atoms with E-state index in [1.165, 1.54) is 12.1 Å².